The van der Waals surface area contributed by atoms with Gasteiger partial charge >= 0.3 is 0 Å². The van der Waals surface area contributed by atoms with Crippen LogP contribution in [-0.4, -0.2) is 58.8 Å². The second-order valence-corrected chi connectivity index (χ2v) is 8.48. The average Bonchev–Trinajstić information content (AvgIpc) is 3.42. The van der Waals surface area contributed by atoms with E-state index < -0.39 is 0 Å². The van der Waals surface area contributed by atoms with Crippen molar-refractivity contribution in [3.05, 3.63) is 29.8 Å². The number of thioether (sulfide) groups is 1. The number of ether oxygens (including phenoxy) is 1. The highest BCUT2D eigenvalue weighted by Gasteiger charge is 2.24. The van der Waals surface area contributed by atoms with Gasteiger partial charge in [0.25, 0.3) is 0 Å². The van der Waals surface area contributed by atoms with E-state index in [0.717, 1.165) is 49.1 Å². The molecule has 4 rings (SSSR count). The Kier molecular flexibility index (Phi) is 6.71. The molecule has 0 atom stereocenters. The van der Waals surface area contributed by atoms with Gasteiger partial charge < -0.3 is 15.0 Å². The fraction of sp³-hybridized carbons (Fsp3) is 0.571. The number of para-hydroxylation sites is 1. The normalized spacial score (nSPS) is 17.6. The summed E-state index contributed by atoms with van der Waals surface area (Å²) in [7, 11) is 0. The molecule has 0 bridgehead atoms. The SMILES string of the molecule is CCc1ccccc1-n1c(SCC(=O)NC2CCCC2)nnc1N1CCOCC1. The number of benzene rings is 1. The maximum absolute atomic E-state index is 12.4. The smallest absolute Gasteiger partial charge is 0.232 e. The first-order chi connectivity index (χ1) is 14.3. The highest BCUT2D eigenvalue weighted by molar-refractivity contribution is 7.99. The van der Waals surface area contributed by atoms with E-state index in [2.05, 4.69) is 50.1 Å². The lowest BCUT2D eigenvalue weighted by Crippen LogP contribution is -2.38. The number of morpholine rings is 1. The Morgan fingerprint density at radius 2 is 1.97 bits per heavy atom. The Morgan fingerprint density at radius 3 is 2.72 bits per heavy atom. The fourth-order valence-electron chi connectivity index (χ4n) is 4.03. The van der Waals surface area contributed by atoms with Crippen LogP contribution < -0.4 is 10.2 Å². The number of hydrogen-bond donors (Lipinski definition) is 1. The van der Waals surface area contributed by atoms with Gasteiger partial charge in [0.1, 0.15) is 0 Å². The number of rotatable bonds is 7. The Bertz CT molecular complexity index is 828. The third kappa shape index (κ3) is 4.75. The lowest BCUT2D eigenvalue weighted by atomic mass is 10.1. The molecule has 7 nitrogen and oxygen atoms in total. The predicted octanol–water partition coefficient (Wildman–Crippen LogP) is 2.82. The molecular weight excluding hydrogens is 386 g/mol. The average molecular weight is 416 g/mol. The van der Waals surface area contributed by atoms with Crippen LogP contribution in [0, 0.1) is 0 Å². The quantitative estimate of drug-likeness (QED) is 0.701. The van der Waals surface area contributed by atoms with Crippen LogP contribution in [-0.2, 0) is 16.0 Å². The van der Waals surface area contributed by atoms with Crippen molar-refractivity contribution < 1.29 is 9.53 Å². The van der Waals surface area contributed by atoms with E-state index in [4.69, 9.17) is 4.74 Å². The molecule has 2 aromatic rings. The zero-order valence-electron chi connectivity index (χ0n) is 17.0. The number of nitrogens with one attached hydrogen (secondary N) is 1. The molecule has 2 aliphatic rings. The molecule has 1 aromatic heterocycles. The number of amides is 1. The van der Waals surface area contributed by atoms with E-state index in [-0.39, 0.29) is 5.91 Å². The summed E-state index contributed by atoms with van der Waals surface area (Å²) in [5, 5.41) is 12.9. The van der Waals surface area contributed by atoms with Gasteiger partial charge in [0.05, 0.1) is 24.7 Å². The van der Waals surface area contributed by atoms with E-state index in [1.165, 1.54) is 30.2 Å². The molecule has 2 fully saturated rings. The molecule has 0 spiro atoms. The van der Waals surface area contributed by atoms with Gasteiger partial charge in [-0.15, -0.1) is 10.2 Å². The van der Waals surface area contributed by atoms with Gasteiger partial charge in [-0.05, 0) is 30.9 Å². The van der Waals surface area contributed by atoms with Crippen LogP contribution in [0.2, 0.25) is 0 Å². The van der Waals surface area contributed by atoms with Gasteiger partial charge in [0, 0.05) is 19.1 Å². The molecule has 1 N–H and O–H groups in total. The van der Waals surface area contributed by atoms with Crippen molar-refractivity contribution in [2.75, 3.05) is 37.0 Å². The largest absolute Gasteiger partial charge is 0.378 e. The first kappa shape index (κ1) is 20.2. The van der Waals surface area contributed by atoms with Crippen molar-refractivity contribution in [1.82, 2.24) is 20.1 Å². The summed E-state index contributed by atoms with van der Waals surface area (Å²) in [5.41, 5.74) is 2.32. The van der Waals surface area contributed by atoms with Gasteiger partial charge in [-0.3, -0.25) is 9.36 Å². The first-order valence-electron chi connectivity index (χ1n) is 10.5. The Morgan fingerprint density at radius 1 is 1.21 bits per heavy atom. The van der Waals surface area contributed by atoms with Gasteiger partial charge in [-0.25, -0.2) is 0 Å². The molecule has 0 radical (unpaired) electrons. The molecular formula is C21H29N5O2S. The van der Waals surface area contributed by atoms with Crippen LogP contribution in [0.15, 0.2) is 29.4 Å². The second-order valence-electron chi connectivity index (χ2n) is 7.54. The van der Waals surface area contributed by atoms with Crippen LogP contribution >= 0.6 is 11.8 Å². The van der Waals surface area contributed by atoms with E-state index >= 15 is 0 Å². The monoisotopic (exact) mass is 415 g/mol. The van der Waals surface area contributed by atoms with E-state index in [1.807, 2.05) is 6.07 Å². The zero-order chi connectivity index (χ0) is 20.1. The number of carbonyl (C=O) groups is 1. The molecule has 1 aliphatic carbocycles. The molecule has 1 aromatic carbocycles. The summed E-state index contributed by atoms with van der Waals surface area (Å²) >= 11 is 1.46. The zero-order valence-corrected chi connectivity index (χ0v) is 17.8. The maximum Gasteiger partial charge on any atom is 0.232 e. The van der Waals surface area contributed by atoms with Gasteiger partial charge in [0.2, 0.25) is 11.9 Å². The molecule has 1 aliphatic heterocycles. The van der Waals surface area contributed by atoms with E-state index in [9.17, 15) is 4.79 Å². The maximum atomic E-state index is 12.4. The number of carbonyl (C=O) groups excluding carboxylic acids is 1. The predicted molar refractivity (Wildman–Crippen MR) is 115 cm³/mol. The van der Waals surface area contributed by atoms with Crippen LogP contribution in [0.1, 0.15) is 38.2 Å². The summed E-state index contributed by atoms with van der Waals surface area (Å²) < 4.78 is 7.61. The molecule has 156 valence electrons. The molecule has 1 amide bonds. The number of hydrogen-bond acceptors (Lipinski definition) is 6. The van der Waals surface area contributed by atoms with Crippen LogP contribution in [0.4, 0.5) is 5.95 Å². The van der Waals surface area contributed by atoms with E-state index in [0.29, 0.717) is 25.0 Å². The van der Waals surface area contributed by atoms with E-state index in [1.54, 1.807) is 0 Å². The fourth-order valence-corrected chi connectivity index (χ4v) is 4.78. The lowest BCUT2D eigenvalue weighted by molar-refractivity contribution is -0.119. The summed E-state index contributed by atoms with van der Waals surface area (Å²) in [6, 6.07) is 8.68. The first-order valence-corrected chi connectivity index (χ1v) is 11.5. The summed E-state index contributed by atoms with van der Waals surface area (Å²) in [6.45, 7) is 5.11. The number of aryl methyl sites for hydroxylation is 1. The van der Waals surface area contributed by atoms with Crippen molar-refractivity contribution >= 4 is 23.6 Å². The van der Waals surface area contributed by atoms with Crippen molar-refractivity contribution in [2.45, 2.75) is 50.2 Å². The van der Waals surface area contributed by atoms with Gasteiger partial charge in [-0.2, -0.15) is 0 Å². The molecule has 1 saturated heterocycles. The molecule has 8 heteroatoms. The van der Waals surface area contributed by atoms with Crippen molar-refractivity contribution in [3.8, 4) is 5.69 Å². The standard InChI is InChI=1S/C21H29N5O2S/c1-2-16-7-3-6-10-18(16)26-20(25-11-13-28-14-12-25)23-24-21(26)29-15-19(27)22-17-8-4-5-9-17/h3,6-7,10,17H,2,4-5,8-9,11-15H2,1H3,(H,22,27). The number of nitrogens with zero attached hydrogens (tertiary/aromatic N) is 4. The van der Waals surface area contributed by atoms with Crippen molar-refractivity contribution in [2.24, 2.45) is 0 Å². The number of aromatic nitrogens is 3. The minimum atomic E-state index is 0.0770. The summed E-state index contributed by atoms with van der Waals surface area (Å²) in [4.78, 5) is 14.6. The molecule has 0 unspecified atom stereocenters. The van der Waals surface area contributed by atoms with Crippen molar-refractivity contribution in [1.29, 1.82) is 0 Å². The summed E-state index contributed by atoms with van der Waals surface area (Å²) in [6.07, 6.45) is 5.53. The highest BCUT2D eigenvalue weighted by Crippen LogP contribution is 2.29. The number of anilines is 1. The minimum Gasteiger partial charge on any atom is -0.378 e. The molecule has 29 heavy (non-hydrogen) atoms. The Balaban J connectivity index is 1.57. The third-order valence-corrected chi connectivity index (χ3v) is 6.51. The topological polar surface area (TPSA) is 72.3 Å². The third-order valence-electron chi connectivity index (χ3n) is 5.58. The van der Waals surface area contributed by atoms with Gasteiger partial charge in [-0.1, -0.05) is 49.7 Å². The Hall–Kier alpha value is -2.06. The highest BCUT2D eigenvalue weighted by atomic mass is 32.2. The molecule has 2 heterocycles. The Labute approximate surface area is 176 Å². The molecule has 1 saturated carbocycles. The second kappa shape index (κ2) is 9.63. The van der Waals surface area contributed by atoms with Crippen LogP contribution in [0.3, 0.4) is 0 Å². The minimum absolute atomic E-state index is 0.0770. The van der Waals surface area contributed by atoms with Gasteiger partial charge in [0.15, 0.2) is 5.16 Å². The van der Waals surface area contributed by atoms with Crippen molar-refractivity contribution in [3.63, 3.8) is 0 Å². The lowest BCUT2D eigenvalue weighted by Gasteiger charge is -2.28. The van der Waals surface area contributed by atoms with Crippen LogP contribution in [0.5, 0.6) is 0 Å². The van der Waals surface area contributed by atoms with Crippen LogP contribution in [0.25, 0.3) is 5.69 Å². The summed E-state index contributed by atoms with van der Waals surface area (Å²) in [5.74, 6) is 1.26.